The van der Waals surface area contributed by atoms with Crippen molar-refractivity contribution < 1.29 is 13.2 Å². The predicted molar refractivity (Wildman–Crippen MR) is 123 cm³/mol. The van der Waals surface area contributed by atoms with E-state index in [4.69, 9.17) is 0 Å². The molecule has 1 amide bonds. The molecule has 1 aliphatic rings. The Labute approximate surface area is 186 Å². The summed E-state index contributed by atoms with van der Waals surface area (Å²) in [4.78, 5) is 15.1. The molecule has 0 spiro atoms. The van der Waals surface area contributed by atoms with Gasteiger partial charge >= 0.3 is 0 Å². The maximum absolute atomic E-state index is 12.9. The van der Waals surface area contributed by atoms with Crippen molar-refractivity contribution in [1.82, 2.24) is 14.5 Å². The van der Waals surface area contributed by atoms with Gasteiger partial charge in [-0.1, -0.05) is 43.2 Å². The summed E-state index contributed by atoms with van der Waals surface area (Å²) in [5.74, 6) is -0.0446. The van der Waals surface area contributed by atoms with Gasteiger partial charge in [0.2, 0.25) is 10.0 Å². The molecule has 1 saturated heterocycles. The summed E-state index contributed by atoms with van der Waals surface area (Å²) in [6, 6.07) is 14.9. The van der Waals surface area contributed by atoms with E-state index in [0.29, 0.717) is 43.2 Å². The summed E-state index contributed by atoms with van der Waals surface area (Å²) in [7, 11) is -3.46. The Balaban J connectivity index is 1.57. The highest BCUT2D eigenvalue weighted by Gasteiger charge is 2.28. The van der Waals surface area contributed by atoms with Crippen molar-refractivity contribution in [2.75, 3.05) is 26.2 Å². The van der Waals surface area contributed by atoms with Crippen LogP contribution in [0.5, 0.6) is 0 Å². The summed E-state index contributed by atoms with van der Waals surface area (Å²) in [6.45, 7) is 9.02. The van der Waals surface area contributed by atoms with E-state index >= 15 is 0 Å². The zero-order valence-corrected chi connectivity index (χ0v) is 19.5. The van der Waals surface area contributed by atoms with Gasteiger partial charge in [0.15, 0.2) is 0 Å². The zero-order valence-electron chi connectivity index (χ0n) is 18.7. The SMILES string of the molecule is CCCC(C)NC(=O)c1cccc(CN2CCN(S(=O)(=O)c3ccc(C)cc3)CC2)c1. The number of sulfonamides is 1. The number of piperazine rings is 1. The Kier molecular flexibility index (Phi) is 7.86. The predicted octanol–water partition coefficient (Wildman–Crippen LogP) is 3.42. The van der Waals surface area contributed by atoms with E-state index < -0.39 is 10.0 Å². The third-order valence-electron chi connectivity index (χ3n) is 5.68. The molecule has 168 valence electrons. The van der Waals surface area contributed by atoms with E-state index in [1.54, 1.807) is 16.4 Å². The molecule has 1 heterocycles. The second-order valence-corrected chi connectivity index (χ2v) is 10.3. The van der Waals surface area contributed by atoms with E-state index in [9.17, 15) is 13.2 Å². The van der Waals surface area contributed by atoms with Gasteiger partial charge in [0, 0.05) is 44.3 Å². The third-order valence-corrected chi connectivity index (χ3v) is 7.60. The van der Waals surface area contributed by atoms with Crippen LogP contribution in [0.25, 0.3) is 0 Å². The van der Waals surface area contributed by atoms with E-state index in [-0.39, 0.29) is 11.9 Å². The standard InChI is InChI=1S/C24H33N3O3S/c1-4-6-20(3)25-24(28)22-8-5-7-21(17-22)18-26-13-15-27(16-14-26)31(29,30)23-11-9-19(2)10-12-23/h5,7-12,17,20H,4,6,13-16,18H2,1-3H3,(H,25,28). The number of benzene rings is 2. The summed E-state index contributed by atoms with van der Waals surface area (Å²) in [5.41, 5.74) is 2.77. The first-order valence-electron chi connectivity index (χ1n) is 11.0. The lowest BCUT2D eigenvalue weighted by molar-refractivity contribution is 0.0938. The molecule has 1 atom stereocenters. The van der Waals surface area contributed by atoms with Crippen LogP contribution in [0.3, 0.4) is 0 Å². The molecule has 2 aromatic carbocycles. The maximum atomic E-state index is 12.9. The van der Waals surface area contributed by atoms with Gasteiger partial charge in [0.1, 0.15) is 0 Å². The monoisotopic (exact) mass is 443 g/mol. The molecule has 0 aliphatic carbocycles. The zero-order chi connectivity index (χ0) is 22.4. The molecule has 0 bridgehead atoms. The number of nitrogens with one attached hydrogen (secondary N) is 1. The third kappa shape index (κ3) is 6.15. The van der Waals surface area contributed by atoms with Crippen LogP contribution in [-0.4, -0.2) is 55.8 Å². The fraction of sp³-hybridized carbons (Fsp3) is 0.458. The van der Waals surface area contributed by atoms with Crippen LogP contribution in [0.15, 0.2) is 53.4 Å². The molecule has 7 heteroatoms. The van der Waals surface area contributed by atoms with E-state index in [1.165, 1.54) is 0 Å². The molecule has 6 nitrogen and oxygen atoms in total. The van der Waals surface area contributed by atoms with E-state index in [0.717, 1.165) is 24.0 Å². The van der Waals surface area contributed by atoms with Gasteiger partial charge in [-0.15, -0.1) is 0 Å². The van der Waals surface area contributed by atoms with Gasteiger partial charge in [-0.05, 0) is 50.1 Å². The van der Waals surface area contributed by atoms with Crippen LogP contribution in [0.4, 0.5) is 0 Å². The summed E-state index contributed by atoms with van der Waals surface area (Å²) >= 11 is 0. The van der Waals surface area contributed by atoms with Gasteiger partial charge in [-0.3, -0.25) is 9.69 Å². The molecular weight excluding hydrogens is 410 g/mol. The van der Waals surface area contributed by atoms with Crippen molar-refractivity contribution >= 4 is 15.9 Å². The number of carbonyl (C=O) groups is 1. The fourth-order valence-corrected chi connectivity index (χ4v) is 5.29. The molecule has 31 heavy (non-hydrogen) atoms. The van der Waals surface area contributed by atoms with Crippen molar-refractivity contribution in [3.05, 3.63) is 65.2 Å². The van der Waals surface area contributed by atoms with Crippen molar-refractivity contribution in [2.24, 2.45) is 0 Å². The Morgan fingerprint density at radius 3 is 2.39 bits per heavy atom. The lowest BCUT2D eigenvalue weighted by Gasteiger charge is -2.34. The van der Waals surface area contributed by atoms with Crippen LogP contribution in [0.1, 0.15) is 48.2 Å². The molecule has 0 aromatic heterocycles. The molecule has 0 saturated carbocycles. The minimum atomic E-state index is -3.46. The number of hydrogen-bond donors (Lipinski definition) is 1. The topological polar surface area (TPSA) is 69.7 Å². The first kappa shape index (κ1) is 23.4. The van der Waals surface area contributed by atoms with Crippen molar-refractivity contribution in [2.45, 2.75) is 51.1 Å². The second kappa shape index (κ2) is 10.4. The highest BCUT2D eigenvalue weighted by Crippen LogP contribution is 2.19. The fourth-order valence-electron chi connectivity index (χ4n) is 3.87. The Hall–Kier alpha value is -2.22. The van der Waals surface area contributed by atoms with E-state index in [1.807, 2.05) is 50.2 Å². The molecule has 2 aromatic rings. The van der Waals surface area contributed by atoms with Gasteiger partial charge in [0.25, 0.3) is 5.91 Å². The first-order chi connectivity index (χ1) is 14.8. The van der Waals surface area contributed by atoms with Crippen LogP contribution in [0, 0.1) is 6.92 Å². The number of amides is 1. The van der Waals surface area contributed by atoms with Gasteiger partial charge in [-0.25, -0.2) is 8.42 Å². The molecule has 0 radical (unpaired) electrons. The minimum Gasteiger partial charge on any atom is -0.350 e. The lowest BCUT2D eigenvalue weighted by Crippen LogP contribution is -2.48. The Morgan fingerprint density at radius 2 is 1.74 bits per heavy atom. The van der Waals surface area contributed by atoms with Crippen molar-refractivity contribution in [1.29, 1.82) is 0 Å². The first-order valence-corrected chi connectivity index (χ1v) is 12.4. The molecular formula is C24H33N3O3S. The average molecular weight is 444 g/mol. The quantitative estimate of drug-likeness (QED) is 0.679. The largest absolute Gasteiger partial charge is 0.350 e. The van der Waals surface area contributed by atoms with E-state index in [2.05, 4.69) is 17.1 Å². The lowest BCUT2D eigenvalue weighted by atomic mass is 10.1. The smallest absolute Gasteiger partial charge is 0.251 e. The Morgan fingerprint density at radius 1 is 1.06 bits per heavy atom. The van der Waals surface area contributed by atoms with Crippen molar-refractivity contribution in [3.63, 3.8) is 0 Å². The van der Waals surface area contributed by atoms with Crippen molar-refractivity contribution in [3.8, 4) is 0 Å². The van der Waals surface area contributed by atoms with Crippen LogP contribution in [0.2, 0.25) is 0 Å². The normalized spacial score (nSPS) is 16.7. The summed E-state index contributed by atoms with van der Waals surface area (Å²) in [6.07, 6.45) is 1.99. The summed E-state index contributed by atoms with van der Waals surface area (Å²) < 4.78 is 27.3. The molecule has 1 N–H and O–H groups in total. The average Bonchev–Trinajstić information content (AvgIpc) is 2.75. The van der Waals surface area contributed by atoms with Crippen LogP contribution in [-0.2, 0) is 16.6 Å². The molecule has 1 fully saturated rings. The molecule has 1 aliphatic heterocycles. The number of hydrogen-bond acceptors (Lipinski definition) is 4. The highest BCUT2D eigenvalue weighted by atomic mass is 32.2. The minimum absolute atomic E-state index is 0.0446. The number of aryl methyl sites for hydroxylation is 1. The molecule has 3 rings (SSSR count). The number of rotatable bonds is 8. The summed E-state index contributed by atoms with van der Waals surface area (Å²) in [5, 5.41) is 3.04. The van der Waals surface area contributed by atoms with Crippen LogP contribution >= 0.6 is 0 Å². The number of nitrogens with zero attached hydrogens (tertiary/aromatic N) is 2. The van der Waals surface area contributed by atoms with Gasteiger partial charge in [0.05, 0.1) is 4.90 Å². The second-order valence-electron chi connectivity index (χ2n) is 8.36. The molecule has 1 unspecified atom stereocenters. The van der Waals surface area contributed by atoms with Crippen LogP contribution < -0.4 is 5.32 Å². The maximum Gasteiger partial charge on any atom is 0.251 e. The van der Waals surface area contributed by atoms with Gasteiger partial charge in [-0.2, -0.15) is 4.31 Å². The van der Waals surface area contributed by atoms with Gasteiger partial charge < -0.3 is 5.32 Å². The Bertz CT molecular complexity index is 981. The number of carbonyl (C=O) groups excluding carboxylic acids is 1. The highest BCUT2D eigenvalue weighted by molar-refractivity contribution is 7.89.